The van der Waals surface area contributed by atoms with Crippen molar-refractivity contribution in [1.29, 1.82) is 0 Å². The predicted molar refractivity (Wildman–Crippen MR) is 116 cm³/mol. The van der Waals surface area contributed by atoms with Gasteiger partial charge in [-0.1, -0.05) is 18.2 Å². The molecule has 0 atom stereocenters. The van der Waals surface area contributed by atoms with Gasteiger partial charge < -0.3 is 15.5 Å². The first kappa shape index (κ1) is 19.5. The number of carboxylic acids is 1. The summed E-state index contributed by atoms with van der Waals surface area (Å²) in [5.74, 6) is 0.565. The highest BCUT2D eigenvalue weighted by molar-refractivity contribution is 7.13. The third kappa shape index (κ3) is 4.59. The molecule has 5 nitrogen and oxygen atoms in total. The maximum Gasteiger partial charge on any atom is 0.306 e. The Hall–Kier alpha value is -2.86. The van der Waals surface area contributed by atoms with Gasteiger partial charge in [0.15, 0.2) is 0 Å². The van der Waals surface area contributed by atoms with Crippen LogP contribution in [0.15, 0.2) is 53.9 Å². The van der Waals surface area contributed by atoms with Crippen molar-refractivity contribution in [3.8, 4) is 27.4 Å². The quantitative estimate of drug-likeness (QED) is 0.503. The minimum absolute atomic E-state index is 0.195. The van der Waals surface area contributed by atoms with Gasteiger partial charge in [-0.15, -0.1) is 11.3 Å². The average molecular weight is 409 g/mol. The zero-order chi connectivity index (χ0) is 20.2. The summed E-state index contributed by atoms with van der Waals surface area (Å²) >= 11 is 1.67. The summed E-state index contributed by atoms with van der Waals surface area (Å²) in [6, 6.07) is 15.4. The van der Waals surface area contributed by atoms with Crippen molar-refractivity contribution in [2.75, 3.05) is 11.9 Å². The largest absolute Gasteiger partial charge is 0.507 e. The van der Waals surface area contributed by atoms with E-state index in [2.05, 4.69) is 11.4 Å². The Morgan fingerprint density at radius 3 is 2.59 bits per heavy atom. The molecular formula is C23H24N2O3S. The Morgan fingerprint density at radius 2 is 1.90 bits per heavy atom. The summed E-state index contributed by atoms with van der Waals surface area (Å²) in [7, 11) is 0. The summed E-state index contributed by atoms with van der Waals surface area (Å²) < 4.78 is 0. The van der Waals surface area contributed by atoms with E-state index in [1.165, 1.54) is 0 Å². The molecule has 0 saturated heterocycles. The van der Waals surface area contributed by atoms with Crippen molar-refractivity contribution in [2.45, 2.75) is 25.7 Å². The number of benzene rings is 1. The number of hydrogen-bond acceptors (Lipinski definition) is 5. The Kier molecular flexibility index (Phi) is 5.81. The first-order valence-electron chi connectivity index (χ1n) is 9.91. The first-order valence-corrected chi connectivity index (χ1v) is 10.8. The maximum absolute atomic E-state index is 11.1. The van der Waals surface area contributed by atoms with Crippen LogP contribution in [-0.4, -0.2) is 27.7 Å². The fraction of sp³-hybridized carbons (Fsp3) is 0.304. The molecular weight excluding hydrogens is 384 g/mol. The molecule has 1 aliphatic carbocycles. The van der Waals surface area contributed by atoms with Gasteiger partial charge >= 0.3 is 5.97 Å². The first-order chi connectivity index (χ1) is 14.1. The molecule has 3 aromatic rings. The molecule has 2 aromatic heterocycles. The number of phenols is 1. The van der Waals surface area contributed by atoms with E-state index in [9.17, 15) is 9.90 Å². The standard InChI is InChI=1S/C23H24N2O3S/c26-20-5-2-1-4-18(20)19-12-17(21-6-3-11-29-21)13-22(25-19)24-14-15-7-9-16(10-8-15)23(27)28/h1-6,11-13,15-16,26H,7-10,14H2,(H,24,25)(H,27,28)/t15-,16-. The minimum atomic E-state index is -0.672. The Morgan fingerprint density at radius 1 is 1.10 bits per heavy atom. The molecule has 0 spiro atoms. The van der Waals surface area contributed by atoms with Gasteiger partial charge in [-0.05, 0) is 72.9 Å². The van der Waals surface area contributed by atoms with E-state index in [1.54, 1.807) is 23.5 Å². The van der Waals surface area contributed by atoms with Crippen LogP contribution >= 0.6 is 11.3 Å². The minimum Gasteiger partial charge on any atom is -0.507 e. The summed E-state index contributed by atoms with van der Waals surface area (Å²) in [4.78, 5) is 17.0. The topological polar surface area (TPSA) is 82.5 Å². The lowest BCUT2D eigenvalue weighted by molar-refractivity contribution is -0.143. The molecule has 1 fully saturated rings. The van der Waals surface area contributed by atoms with E-state index in [0.29, 0.717) is 11.5 Å². The molecule has 3 N–H and O–H groups in total. The zero-order valence-electron chi connectivity index (χ0n) is 16.0. The Balaban J connectivity index is 1.55. The molecule has 0 aliphatic heterocycles. The fourth-order valence-corrected chi connectivity index (χ4v) is 4.61. The van der Waals surface area contributed by atoms with Gasteiger partial charge in [0.1, 0.15) is 11.6 Å². The number of nitrogens with zero attached hydrogens (tertiary/aromatic N) is 1. The van der Waals surface area contributed by atoms with Gasteiger partial charge in [0, 0.05) is 17.0 Å². The number of carbonyl (C=O) groups is 1. The van der Waals surface area contributed by atoms with Crippen LogP contribution < -0.4 is 5.32 Å². The number of aromatic hydroxyl groups is 1. The number of hydrogen-bond donors (Lipinski definition) is 3. The number of carboxylic acid groups (broad SMARTS) is 1. The summed E-state index contributed by atoms with van der Waals surface area (Å²) in [5.41, 5.74) is 2.49. The molecule has 29 heavy (non-hydrogen) atoms. The fourth-order valence-electron chi connectivity index (χ4n) is 3.90. The van der Waals surface area contributed by atoms with Crippen LogP contribution in [0.1, 0.15) is 25.7 Å². The molecule has 0 radical (unpaired) electrons. The summed E-state index contributed by atoms with van der Waals surface area (Å²) in [6.45, 7) is 0.771. The average Bonchev–Trinajstić information content (AvgIpc) is 3.28. The molecule has 1 saturated carbocycles. The number of pyridine rings is 1. The molecule has 6 heteroatoms. The third-order valence-electron chi connectivity index (χ3n) is 5.58. The van der Waals surface area contributed by atoms with Crippen molar-refractivity contribution >= 4 is 23.1 Å². The van der Waals surface area contributed by atoms with Crippen LogP contribution in [-0.2, 0) is 4.79 Å². The second-order valence-corrected chi connectivity index (χ2v) is 8.51. The molecule has 1 aromatic carbocycles. The van der Waals surface area contributed by atoms with Crippen LogP contribution in [0.4, 0.5) is 5.82 Å². The molecule has 0 bridgehead atoms. The van der Waals surface area contributed by atoms with Crippen LogP contribution in [0.2, 0.25) is 0 Å². The van der Waals surface area contributed by atoms with E-state index < -0.39 is 5.97 Å². The molecule has 2 heterocycles. The second-order valence-electron chi connectivity index (χ2n) is 7.56. The molecule has 0 unspecified atom stereocenters. The number of aliphatic carboxylic acids is 1. The monoisotopic (exact) mass is 408 g/mol. The smallest absolute Gasteiger partial charge is 0.306 e. The highest BCUT2D eigenvalue weighted by Crippen LogP contribution is 2.34. The van der Waals surface area contributed by atoms with E-state index in [-0.39, 0.29) is 11.7 Å². The van der Waals surface area contributed by atoms with Crippen molar-refractivity contribution in [2.24, 2.45) is 11.8 Å². The Bertz CT molecular complexity index is 980. The third-order valence-corrected chi connectivity index (χ3v) is 6.50. The number of anilines is 1. The lowest BCUT2D eigenvalue weighted by atomic mass is 9.82. The number of nitrogens with one attached hydrogen (secondary N) is 1. The van der Waals surface area contributed by atoms with Crippen LogP contribution in [0.5, 0.6) is 5.75 Å². The molecule has 0 amide bonds. The van der Waals surface area contributed by atoms with Crippen molar-refractivity contribution < 1.29 is 15.0 Å². The van der Waals surface area contributed by atoms with Gasteiger partial charge in [0.2, 0.25) is 0 Å². The van der Waals surface area contributed by atoms with E-state index in [4.69, 9.17) is 10.1 Å². The second kappa shape index (κ2) is 8.66. The number of rotatable bonds is 6. The Labute approximate surface area is 174 Å². The van der Waals surface area contributed by atoms with E-state index >= 15 is 0 Å². The van der Waals surface area contributed by atoms with Crippen LogP contribution in [0.25, 0.3) is 21.7 Å². The van der Waals surface area contributed by atoms with Crippen LogP contribution in [0, 0.1) is 11.8 Å². The number of para-hydroxylation sites is 1. The molecule has 150 valence electrons. The van der Waals surface area contributed by atoms with Gasteiger partial charge in [-0.25, -0.2) is 4.98 Å². The van der Waals surface area contributed by atoms with Crippen molar-refractivity contribution in [3.05, 3.63) is 53.9 Å². The van der Waals surface area contributed by atoms with Crippen molar-refractivity contribution in [3.63, 3.8) is 0 Å². The maximum atomic E-state index is 11.1. The molecule has 1 aliphatic rings. The normalized spacial score (nSPS) is 19.0. The number of thiophene rings is 1. The SMILES string of the molecule is O=C(O)[C@H]1CC[C@H](CNc2cc(-c3cccs3)cc(-c3ccccc3O)n2)CC1. The lowest BCUT2D eigenvalue weighted by Gasteiger charge is -2.26. The summed E-state index contributed by atoms with van der Waals surface area (Å²) in [6.07, 6.45) is 3.32. The van der Waals surface area contributed by atoms with Crippen molar-refractivity contribution in [1.82, 2.24) is 4.98 Å². The van der Waals surface area contributed by atoms with Gasteiger partial charge in [-0.2, -0.15) is 0 Å². The predicted octanol–water partition coefficient (Wildman–Crippen LogP) is 5.49. The molecule has 4 rings (SSSR count). The van der Waals surface area contributed by atoms with Gasteiger partial charge in [0.05, 0.1) is 11.6 Å². The van der Waals surface area contributed by atoms with Gasteiger partial charge in [0.25, 0.3) is 0 Å². The highest BCUT2D eigenvalue weighted by atomic mass is 32.1. The zero-order valence-corrected chi connectivity index (χ0v) is 16.9. The number of aromatic nitrogens is 1. The van der Waals surface area contributed by atoms with Gasteiger partial charge in [-0.3, -0.25) is 4.79 Å². The summed E-state index contributed by atoms with van der Waals surface area (Å²) in [5, 5.41) is 24.9. The lowest BCUT2D eigenvalue weighted by Crippen LogP contribution is -2.25. The van der Waals surface area contributed by atoms with E-state index in [1.807, 2.05) is 35.7 Å². The van der Waals surface area contributed by atoms with E-state index in [0.717, 1.165) is 54.2 Å². The number of phenolic OH excluding ortho intramolecular Hbond substituents is 1. The highest BCUT2D eigenvalue weighted by Gasteiger charge is 2.25. The van der Waals surface area contributed by atoms with Crippen LogP contribution in [0.3, 0.4) is 0 Å².